The Kier molecular flexibility index (Phi) is 3.47. The molecule has 72 valence electrons. The largest absolute Gasteiger partial charge is 0.0985 e. The summed E-state index contributed by atoms with van der Waals surface area (Å²) in [4.78, 5) is 0. The van der Waals surface area contributed by atoms with Crippen LogP contribution < -0.4 is 0 Å². The minimum Gasteiger partial charge on any atom is -0.0985 e. The molecule has 0 fully saturated rings. The lowest BCUT2D eigenvalue weighted by molar-refractivity contribution is 1.24. The van der Waals surface area contributed by atoms with Crippen molar-refractivity contribution in [2.24, 2.45) is 0 Å². The van der Waals surface area contributed by atoms with Crippen molar-refractivity contribution in [1.29, 1.82) is 0 Å². The number of hydrogen-bond donors (Lipinski definition) is 0. The van der Waals surface area contributed by atoms with Crippen molar-refractivity contribution < 1.29 is 0 Å². The molecule has 0 radical (unpaired) electrons. The van der Waals surface area contributed by atoms with Crippen LogP contribution in [0.2, 0.25) is 0 Å². The Morgan fingerprint density at radius 1 is 1.21 bits per heavy atom. The highest BCUT2D eigenvalue weighted by Crippen LogP contribution is 2.25. The maximum absolute atomic E-state index is 4.05. The highest BCUT2D eigenvalue weighted by atomic mass is 14.1. The summed E-state index contributed by atoms with van der Waals surface area (Å²) in [6.45, 7) is 13.8. The molecule has 1 rings (SSSR count). The summed E-state index contributed by atoms with van der Waals surface area (Å²) in [6.07, 6.45) is 2.74. The molecule has 0 spiro atoms. The van der Waals surface area contributed by atoms with Gasteiger partial charge in [0.25, 0.3) is 0 Å². The molecule has 0 heteroatoms. The zero-order chi connectivity index (χ0) is 10.6. The maximum Gasteiger partial charge on any atom is -0.0115 e. The predicted molar refractivity (Wildman–Crippen MR) is 65.0 cm³/mol. The first kappa shape index (κ1) is 10.5. The van der Waals surface area contributed by atoms with Crippen LogP contribution in [0.3, 0.4) is 0 Å². The van der Waals surface area contributed by atoms with Crippen molar-refractivity contribution in [2.45, 2.75) is 13.3 Å². The Hall–Kier alpha value is -1.56. The van der Waals surface area contributed by atoms with Crippen LogP contribution in [-0.4, -0.2) is 0 Å². The lowest BCUT2D eigenvalue weighted by Gasteiger charge is -2.10. The van der Waals surface area contributed by atoms with Gasteiger partial charge in [0.1, 0.15) is 0 Å². The van der Waals surface area contributed by atoms with Crippen LogP contribution in [0.15, 0.2) is 50.1 Å². The molecule has 0 atom stereocenters. The van der Waals surface area contributed by atoms with Gasteiger partial charge in [0, 0.05) is 0 Å². The Morgan fingerprint density at radius 3 is 2.29 bits per heavy atom. The van der Waals surface area contributed by atoms with Gasteiger partial charge < -0.3 is 0 Å². The van der Waals surface area contributed by atoms with Gasteiger partial charge in [-0.05, 0) is 28.7 Å². The number of benzene rings is 1. The van der Waals surface area contributed by atoms with Crippen LogP contribution in [0.25, 0.3) is 11.1 Å². The molecular weight excluding hydrogens is 168 g/mol. The Morgan fingerprint density at radius 2 is 1.79 bits per heavy atom. The SMILES string of the molecule is C=CC(=C)c1ccccc1C(=C)CC. The van der Waals surface area contributed by atoms with E-state index in [0.29, 0.717) is 0 Å². The molecule has 0 saturated carbocycles. The van der Waals surface area contributed by atoms with E-state index >= 15 is 0 Å². The quantitative estimate of drug-likeness (QED) is 0.612. The predicted octanol–water partition coefficient (Wildman–Crippen LogP) is 4.31. The fourth-order valence-corrected chi connectivity index (χ4v) is 1.37. The van der Waals surface area contributed by atoms with Crippen LogP contribution >= 0.6 is 0 Å². The molecular formula is C14H16. The average Bonchev–Trinajstić information content (AvgIpc) is 2.27. The van der Waals surface area contributed by atoms with E-state index in [2.05, 4.69) is 38.8 Å². The van der Waals surface area contributed by atoms with Crippen molar-refractivity contribution in [3.63, 3.8) is 0 Å². The first-order valence-electron chi connectivity index (χ1n) is 4.79. The van der Waals surface area contributed by atoms with Gasteiger partial charge in [0.05, 0.1) is 0 Å². The van der Waals surface area contributed by atoms with Gasteiger partial charge >= 0.3 is 0 Å². The molecule has 0 aliphatic carbocycles. The van der Waals surface area contributed by atoms with E-state index in [9.17, 15) is 0 Å². The average molecular weight is 184 g/mol. The van der Waals surface area contributed by atoms with Gasteiger partial charge in [-0.15, -0.1) is 0 Å². The van der Waals surface area contributed by atoms with Crippen LogP contribution in [-0.2, 0) is 0 Å². The van der Waals surface area contributed by atoms with Crippen molar-refractivity contribution in [2.75, 3.05) is 0 Å². The normalized spacial score (nSPS) is 9.50. The van der Waals surface area contributed by atoms with Gasteiger partial charge in [0.15, 0.2) is 0 Å². The van der Waals surface area contributed by atoms with E-state index in [-0.39, 0.29) is 0 Å². The monoisotopic (exact) mass is 184 g/mol. The second-order valence-corrected chi connectivity index (χ2v) is 3.23. The summed E-state index contributed by atoms with van der Waals surface area (Å²) in [7, 11) is 0. The van der Waals surface area contributed by atoms with E-state index in [1.165, 1.54) is 5.56 Å². The lowest BCUT2D eigenvalue weighted by atomic mass is 9.95. The van der Waals surface area contributed by atoms with Gasteiger partial charge in [-0.2, -0.15) is 0 Å². The zero-order valence-corrected chi connectivity index (χ0v) is 8.72. The van der Waals surface area contributed by atoms with Crippen molar-refractivity contribution in [1.82, 2.24) is 0 Å². The molecule has 1 aromatic rings. The third kappa shape index (κ3) is 2.02. The first-order valence-corrected chi connectivity index (χ1v) is 4.79. The molecule has 0 heterocycles. The second kappa shape index (κ2) is 4.61. The molecule has 0 saturated heterocycles. The molecule has 14 heavy (non-hydrogen) atoms. The van der Waals surface area contributed by atoms with Crippen molar-refractivity contribution in [3.05, 3.63) is 61.2 Å². The fourth-order valence-electron chi connectivity index (χ4n) is 1.37. The number of allylic oxidation sites excluding steroid dienone is 3. The minimum absolute atomic E-state index is 0.954. The van der Waals surface area contributed by atoms with Gasteiger partial charge in [-0.3, -0.25) is 0 Å². The third-order valence-electron chi connectivity index (χ3n) is 2.33. The third-order valence-corrected chi connectivity index (χ3v) is 2.33. The van der Waals surface area contributed by atoms with E-state index in [1.807, 2.05) is 12.1 Å². The summed E-state index contributed by atoms with van der Waals surface area (Å²) in [5.74, 6) is 0. The molecule has 1 aromatic carbocycles. The number of hydrogen-bond acceptors (Lipinski definition) is 0. The van der Waals surface area contributed by atoms with E-state index in [1.54, 1.807) is 6.08 Å². The standard InChI is InChI=1S/C14H16/c1-5-11(3)13-9-7-8-10-14(13)12(4)6-2/h5,7-10H,1,3-4,6H2,2H3. The molecule has 0 nitrogen and oxygen atoms in total. The van der Waals surface area contributed by atoms with Gasteiger partial charge in [-0.25, -0.2) is 0 Å². The summed E-state index contributed by atoms with van der Waals surface area (Å²) in [5, 5.41) is 0. The zero-order valence-electron chi connectivity index (χ0n) is 8.72. The number of rotatable bonds is 4. The highest BCUT2D eigenvalue weighted by molar-refractivity contribution is 5.81. The summed E-state index contributed by atoms with van der Waals surface area (Å²) < 4.78 is 0. The summed E-state index contributed by atoms with van der Waals surface area (Å²) in [5.41, 5.74) is 4.41. The molecule has 0 aliphatic rings. The van der Waals surface area contributed by atoms with E-state index in [0.717, 1.165) is 23.1 Å². The van der Waals surface area contributed by atoms with Gasteiger partial charge in [0.2, 0.25) is 0 Å². The topological polar surface area (TPSA) is 0 Å². The molecule has 0 aliphatic heterocycles. The first-order chi connectivity index (χ1) is 6.70. The fraction of sp³-hybridized carbons (Fsp3) is 0.143. The van der Waals surface area contributed by atoms with Crippen molar-refractivity contribution >= 4 is 11.1 Å². The van der Waals surface area contributed by atoms with E-state index in [4.69, 9.17) is 0 Å². The molecule has 0 amide bonds. The van der Waals surface area contributed by atoms with Crippen LogP contribution in [0.4, 0.5) is 0 Å². The molecule has 0 N–H and O–H groups in total. The Bertz CT molecular complexity index is 369. The summed E-state index contributed by atoms with van der Waals surface area (Å²) in [6, 6.07) is 8.17. The van der Waals surface area contributed by atoms with E-state index < -0.39 is 0 Å². The Balaban J connectivity index is 3.22. The van der Waals surface area contributed by atoms with Gasteiger partial charge in [-0.1, -0.05) is 57.0 Å². The van der Waals surface area contributed by atoms with Crippen molar-refractivity contribution in [3.8, 4) is 0 Å². The summed E-state index contributed by atoms with van der Waals surface area (Å²) >= 11 is 0. The van der Waals surface area contributed by atoms with Crippen LogP contribution in [0.5, 0.6) is 0 Å². The van der Waals surface area contributed by atoms with Crippen LogP contribution in [0, 0.1) is 0 Å². The maximum atomic E-state index is 4.05. The lowest BCUT2D eigenvalue weighted by Crippen LogP contribution is -1.89. The molecule has 0 aromatic heterocycles. The molecule has 0 unspecified atom stereocenters. The molecule has 0 bridgehead atoms. The second-order valence-electron chi connectivity index (χ2n) is 3.23. The minimum atomic E-state index is 0.954. The van der Waals surface area contributed by atoms with Crippen LogP contribution in [0.1, 0.15) is 24.5 Å². The highest BCUT2D eigenvalue weighted by Gasteiger charge is 2.04. The Labute approximate surface area is 86.3 Å². The smallest absolute Gasteiger partial charge is 0.0115 e.